The quantitative estimate of drug-likeness (QED) is 0.0261. The molecule has 0 aliphatic heterocycles. The summed E-state index contributed by atoms with van der Waals surface area (Å²) in [5, 5.41) is 0. The molecule has 0 radical (unpaired) electrons. The number of esters is 3. The molecule has 0 rings (SSSR count). The molecule has 0 aromatic carbocycles. The van der Waals surface area contributed by atoms with Crippen LogP contribution in [0.15, 0.2) is 72.9 Å². The van der Waals surface area contributed by atoms with Crippen molar-refractivity contribution in [3.63, 3.8) is 0 Å². The Bertz CT molecular complexity index is 1450. The fourth-order valence-electron chi connectivity index (χ4n) is 10.1. The summed E-state index contributed by atoms with van der Waals surface area (Å²) in [4.78, 5) is 38.2. The molecule has 0 bridgehead atoms. The zero-order chi connectivity index (χ0) is 57.1. The van der Waals surface area contributed by atoms with Gasteiger partial charge in [0.25, 0.3) is 0 Å². The van der Waals surface area contributed by atoms with E-state index in [4.69, 9.17) is 14.2 Å². The maximum absolute atomic E-state index is 12.9. The molecule has 6 nitrogen and oxygen atoms in total. The molecule has 6 heteroatoms. The van der Waals surface area contributed by atoms with Gasteiger partial charge in [0, 0.05) is 19.3 Å². The average molecular weight is 1100 g/mol. The predicted molar refractivity (Wildman–Crippen MR) is 344 cm³/mol. The van der Waals surface area contributed by atoms with Gasteiger partial charge in [0.05, 0.1) is 0 Å². The van der Waals surface area contributed by atoms with Gasteiger partial charge in [0.1, 0.15) is 13.2 Å². The number of hydrogen-bond donors (Lipinski definition) is 0. The highest BCUT2D eigenvalue weighted by Gasteiger charge is 2.19. The highest BCUT2D eigenvalue weighted by molar-refractivity contribution is 5.71. The Morgan fingerprint density at radius 3 is 0.823 bits per heavy atom. The lowest BCUT2D eigenvalue weighted by atomic mass is 10.0. The minimum atomic E-state index is -0.803. The third-order valence-corrected chi connectivity index (χ3v) is 15.2. The smallest absolute Gasteiger partial charge is 0.306 e. The first-order valence-corrected chi connectivity index (χ1v) is 34.4. The van der Waals surface area contributed by atoms with Crippen LogP contribution in [0.4, 0.5) is 0 Å². The number of hydrogen-bond acceptors (Lipinski definition) is 6. The van der Waals surface area contributed by atoms with Crippen LogP contribution in [0.1, 0.15) is 355 Å². The molecule has 79 heavy (non-hydrogen) atoms. The Kier molecular flexibility index (Phi) is 64.7. The third-order valence-electron chi connectivity index (χ3n) is 15.2. The molecule has 0 aliphatic rings. The van der Waals surface area contributed by atoms with Gasteiger partial charge < -0.3 is 14.2 Å². The van der Waals surface area contributed by atoms with Crippen LogP contribution in [0.3, 0.4) is 0 Å². The van der Waals surface area contributed by atoms with Crippen molar-refractivity contribution in [2.45, 2.75) is 361 Å². The second-order valence-corrected chi connectivity index (χ2v) is 23.1. The van der Waals surface area contributed by atoms with Gasteiger partial charge in [-0.05, 0) is 83.5 Å². The van der Waals surface area contributed by atoms with E-state index in [1.54, 1.807) is 0 Å². The van der Waals surface area contributed by atoms with E-state index in [9.17, 15) is 14.4 Å². The van der Waals surface area contributed by atoms with Crippen molar-refractivity contribution in [2.24, 2.45) is 0 Å². The molecule has 0 amide bonds. The maximum atomic E-state index is 12.9. The van der Waals surface area contributed by atoms with E-state index in [0.29, 0.717) is 19.3 Å². The van der Waals surface area contributed by atoms with Crippen molar-refractivity contribution in [1.82, 2.24) is 0 Å². The second-order valence-electron chi connectivity index (χ2n) is 23.1. The SMILES string of the molecule is CC/C=C\C/C=C\C/C=C\C/C=C\C/C=C\CCCC(=O)OC(COC(=O)CCCCCCCCCCCCC)COC(=O)CCCCCCCCCCCCCCCCCCCCCCC/C=C\CCCCCCCCCC. The topological polar surface area (TPSA) is 78.9 Å². The molecule has 458 valence electrons. The molecule has 0 saturated carbocycles. The Labute approximate surface area is 491 Å². The minimum Gasteiger partial charge on any atom is -0.462 e. The molecule has 0 N–H and O–H groups in total. The number of ether oxygens (including phenoxy) is 3. The first-order chi connectivity index (χ1) is 39.0. The summed E-state index contributed by atoms with van der Waals surface area (Å²) in [7, 11) is 0. The maximum Gasteiger partial charge on any atom is 0.306 e. The molecule has 0 spiro atoms. The molecular formula is C73H130O6. The van der Waals surface area contributed by atoms with Gasteiger partial charge in [-0.3, -0.25) is 14.4 Å². The lowest BCUT2D eigenvalue weighted by molar-refractivity contribution is -0.167. The summed E-state index contributed by atoms with van der Waals surface area (Å²) >= 11 is 0. The minimum absolute atomic E-state index is 0.0939. The molecular weight excluding hydrogens is 973 g/mol. The highest BCUT2D eigenvalue weighted by atomic mass is 16.6. The van der Waals surface area contributed by atoms with Crippen LogP contribution in [-0.2, 0) is 28.6 Å². The van der Waals surface area contributed by atoms with Crippen molar-refractivity contribution >= 4 is 17.9 Å². The van der Waals surface area contributed by atoms with E-state index in [-0.39, 0.29) is 37.5 Å². The van der Waals surface area contributed by atoms with Gasteiger partial charge in [-0.25, -0.2) is 0 Å². The van der Waals surface area contributed by atoms with Gasteiger partial charge in [0.2, 0.25) is 0 Å². The lowest BCUT2D eigenvalue weighted by Crippen LogP contribution is -2.30. The van der Waals surface area contributed by atoms with E-state index < -0.39 is 6.10 Å². The van der Waals surface area contributed by atoms with Crippen LogP contribution in [-0.4, -0.2) is 37.2 Å². The monoisotopic (exact) mass is 1100 g/mol. The third kappa shape index (κ3) is 65.5. The summed E-state index contributed by atoms with van der Waals surface area (Å²) in [6.07, 6.45) is 88.2. The first-order valence-electron chi connectivity index (χ1n) is 34.4. The summed E-state index contributed by atoms with van der Waals surface area (Å²) in [5.41, 5.74) is 0. The second kappa shape index (κ2) is 67.4. The molecule has 1 atom stereocenters. The van der Waals surface area contributed by atoms with Crippen LogP contribution in [0.5, 0.6) is 0 Å². The van der Waals surface area contributed by atoms with Gasteiger partial charge in [-0.15, -0.1) is 0 Å². The van der Waals surface area contributed by atoms with Crippen LogP contribution in [0.2, 0.25) is 0 Å². The molecule has 0 aromatic rings. The largest absolute Gasteiger partial charge is 0.462 e. The zero-order valence-electron chi connectivity index (χ0n) is 52.6. The van der Waals surface area contributed by atoms with Gasteiger partial charge in [0.15, 0.2) is 6.10 Å². The van der Waals surface area contributed by atoms with Crippen LogP contribution >= 0.6 is 0 Å². The summed E-state index contributed by atoms with van der Waals surface area (Å²) < 4.78 is 16.9. The van der Waals surface area contributed by atoms with E-state index >= 15 is 0 Å². The normalized spacial score (nSPS) is 12.5. The van der Waals surface area contributed by atoms with E-state index in [1.807, 2.05) is 0 Å². The van der Waals surface area contributed by atoms with E-state index in [2.05, 4.69) is 93.7 Å². The Morgan fingerprint density at radius 2 is 0.506 bits per heavy atom. The number of unbranched alkanes of at least 4 members (excludes halogenated alkanes) is 40. The van der Waals surface area contributed by atoms with E-state index in [1.165, 1.54) is 231 Å². The molecule has 0 saturated heterocycles. The fourth-order valence-corrected chi connectivity index (χ4v) is 10.1. The van der Waals surface area contributed by atoms with Crippen LogP contribution < -0.4 is 0 Å². The Hall–Kier alpha value is -3.15. The van der Waals surface area contributed by atoms with Gasteiger partial charge >= 0.3 is 17.9 Å². The molecule has 1 unspecified atom stereocenters. The fraction of sp³-hybridized carbons (Fsp3) is 0.795. The zero-order valence-corrected chi connectivity index (χ0v) is 52.6. The Morgan fingerprint density at radius 1 is 0.266 bits per heavy atom. The van der Waals surface area contributed by atoms with Crippen molar-refractivity contribution in [1.29, 1.82) is 0 Å². The van der Waals surface area contributed by atoms with Crippen LogP contribution in [0.25, 0.3) is 0 Å². The Balaban J connectivity index is 4.13. The van der Waals surface area contributed by atoms with Crippen molar-refractivity contribution in [3.8, 4) is 0 Å². The van der Waals surface area contributed by atoms with Crippen molar-refractivity contribution in [3.05, 3.63) is 72.9 Å². The molecule has 0 aliphatic carbocycles. The first kappa shape index (κ1) is 75.8. The van der Waals surface area contributed by atoms with Crippen molar-refractivity contribution in [2.75, 3.05) is 13.2 Å². The van der Waals surface area contributed by atoms with Gasteiger partial charge in [-0.2, -0.15) is 0 Å². The molecule has 0 heterocycles. The standard InChI is InChI=1S/C73H130O6/c1-4-7-10-13-16-19-22-24-26-28-29-30-31-32-33-34-35-36-37-38-39-40-41-42-43-45-46-48-51-54-57-60-63-66-72(75)78-69-70(68-77-71(74)65-62-59-56-53-50-21-18-15-12-9-6-3)79-73(76)67-64-61-58-55-52-49-47-44-27-25-23-20-17-14-11-8-5-2/h8,11,17,20,25,27-29,47,49,55,58,70H,4-7,9-10,12-16,18-19,21-24,26,30-46,48,50-54,56-57,59-69H2,1-3H3/b11-8-,20-17-,27-25-,29-28-,49-47-,58-55-. The molecule has 0 aromatic heterocycles. The summed E-state index contributed by atoms with van der Waals surface area (Å²) in [6, 6.07) is 0. The average Bonchev–Trinajstić information content (AvgIpc) is 3.45. The lowest BCUT2D eigenvalue weighted by Gasteiger charge is -2.18. The predicted octanol–water partition coefficient (Wildman–Crippen LogP) is 23.7. The molecule has 0 fully saturated rings. The summed E-state index contributed by atoms with van der Waals surface area (Å²) in [5.74, 6) is -0.937. The highest BCUT2D eigenvalue weighted by Crippen LogP contribution is 2.18. The number of rotatable bonds is 63. The van der Waals surface area contributed by atoms with Gasteiger partial charge in [-0.1, -0.05) is 325 Å². The number of carbonyl (C=O) groups excluding carboxylic acids is 3. The van der Waals surface area contributed by atoms with Crippen LogP contribution in [0, 0.1) is 0 Å². The van der Waals surface area contributed by atoms with Crippen molar-refractivity contribution < 1.29 is 28.6 Å². The summed E-state index contributed by atoms with van der Waals surface area (Å²) in [6.45, 7) is 6.51. The number of carbonyl (C=O) groups is 3. The number of allylic oxidation sites excluding steroid dienone is 12. The van der Waals surface area contributed by atoms with E-state index in [0.717, 1.165) is 77.0 Å².